The van der Waals surface area contributed by atoms with Crippen molar-refractivity contribution in [3.63, 3.8) is 0 Å². The van der Waals surface area contributed by atoms with E-state index >= 15 is 0 Å². The van der Waals surface area contributed by atoms with Gasteiger partial charge < -0.3 is 4.57 Å². The van der Waals surface area contributed by atoms with Crippen molar-refractivity contribution in [1.82, 2.24) is 4.57 Å². The number of hydrogen-bond acceptors (Lipinski definition) is 3. The minimum Gasteiger partial charge on any atom is -0.317 e. The SMILES string of the molecule is CCn1c(=NC(=O)c2ccc(C(=O)c3ccccc3)cc2)sc2cc(Cl)ccc21. The topological polar surface area (TPSA) is 51.4 Å². The summed E-state index contributed by atoms with van der Waals surface area (Å²) in [5.41, 5.74) is 2.59. The number of thiazole rings is 1. The van der Waals surface area contributed by atoms with Gasteiger partial charge in [-0.05, 0) is 37.3 Å². The number of amides is 1. The maximum atomic E-state index is 12.7. The number of hydrogen-bond donors (Lipinski definition) is 0. The molecule has 0 saturated heterocycles. The van der Waals surface area contributed by atoms with Gasteiger partial charge in [0.15, 0.2) is 10.6 Å². The quantitative estimate of drug-likeness (QED) is 0.418. The first-order valence-corrected chi connectivity index (χ1v) is 10.3. The number of nitrogens with zero attached hydrogens (tertiary/aromatic N) is 2. The van der Waals surface area contributed by atoms with Gasteiger partial charge in [-0.3, -0.25) is 9.59 Å². The molecule has 0 bridgehead atoms. The first-order chi connectivity index (χ1) is 14.1. The van der Waals surface area contributed by atoms with Gasteiger partial charge in [-0.25, -0.2) is 0 Å². The van der Waals surface area contributed by atoms with E-state index in [0.717, 1.165) is 10.2 Å². The molecule has 3 aromatic carbocycles. The Kier molecular flexibility index (Phi) is 5.43. The third-order valence-electron chi connectivity index (χ3n) is 4.59. The highest BCUT2D eigenvalue weighted by atomic mass is 35.5. The van der Waals surface area contributed by atoms with Crippen molar-refractivity contribution in [2.75, 3.05) is 0 Å². The van der Waals surface area contributed by atoms with Crippen LogP contribution in [-0.4, -0.2) is 16.3 Å². The van der Waals surface area contributed by atoms with E-state index in [4.69, 9.17) is 11.6 Å². The molecule has 0 radical (unpaired) electrons. The van der Waals surface area contributed by atoms with Gasteiger partial charge >= 0.3 is 0 Å². The number of rotatable bonds is 4. The van der Waals surface area contributed by atoms with Crippen LogP contribution in [0.15, 0.2) is 77.8 Å². The minimum atomic E-state index is -0.344. The van der Waals surface area contributed by atoms with Crippen LogP contribution in [0.5, 0.6) is 0 Å². The average Bonchev–Trinajstić information content (AvgIpc) is 3.09. The molecule has 4 nitrogen and oxygen atoms in total. The molecular weight excluding hydrogens is 404 g/mol. The molecule has 4 aromatic rings. The molecule has 0 unspecified atom stereocenters. The molecule has 29 heavy (non-hydrogen) atoms. The van der Waals surface area contributed by atoms with E-state index in [1.54, 1.807) is 36.4 Å². The number of carbonyl (C=O) groups excluding carboxylic acids is 2. The molecular formula is C23H17ClN2O2S. The van der Waals surface area contributed by atoms with Gasteiger partial charge in [0.05, 0.1) is 10.2 Å². The van der Waals surface area contributed by atoms with Gasteiger partial charge in [-0.2, -0.15) is 4.99 Å². The normalized spacial score (nSPS) is 11.7. The number of ketones is 1. The fraction of sp³-hybridized carbons (Fsp3) is 0.0870. The van der Waals surface area contributed by atoms with Crippen LogP contribution in [0.2, 0.25) is 5.02 Å². The summed E-state index contributed by atoms with van der Waals surface area (Å²) >= 11 is 7.51. The van der Waals surface area contributed by atoms with Crippen LogP contribution in [0.3, 0.4) is 0 Å². The van der Waals surface area contributed by atoms with Crippen LogP contribution < -0.4 is 4.80 Å². The predicted molar refractivity (Wildman–Crippen MR) is 117 cm³/mol. The van der Waals surface area contributed by atoms with Gasteiger partial charge in [-0.15, -0.1) is 0 Å². The second-order valence-electron chi connectivity index (χ2n) is 6.43. The van der Waals surface area contributed by atoms with Gasteiger partial charge in [0.1, 0.15) is 0 Å². The van der Waals surface area contributed by atoms with Crippen molar-refractivity contribution in [3.8, 4) is 0 Å². The van der Waals surface area contributed by atoms with Crippen LogP contribution in [0.4, 0.5) is 0 Å². The highest BCUT2D eigenvalue weighted by Crippen LogP contribution is 2.22. The molecule has 1 aromatic heterocycles. The first kappa shape index (κ1) is 19.3. The second-order valence-corrected chi connectivity index (χ2v) is 7.88. The summed E-state index contributed by atoms with van der Waals surface area (Å²) in [5, 5.41) is 0.651. The molecule has 0 aliphatic rings. The van der Waals surface area contributed by atoms with E-state index in [1.165, 1.54) is 11.3 Å². The lowest BCUT2D eigenvalue weighted by Gasteiger charge is -2.02. The summed E-state index contributed by atoms with van der Waals surface area (Å²) < 4.78 is 2.97. The molecule has 0 spiro atoms. The maximum Gasteiger partial charge on any atom is 0.279 e. The van der Waals surface area contributed by atoms with E-state index in [-0.39, 0.29) is 11.7 Å². The van der Waals surface area contributed by atoms with E-state index in [9.17, 15) is 9.59 Å². The third-order valence-corrected chi connectivity index (χ3v) is 5.86. The van der Waals surface area contributed by atoms with Crippen LogP contribution >= 0.6 is 22.9 Å². The molecule has 0 N–H and O–H groups in total. The summed E-state index contributed by atoms with van der Waals surface area (Å²) in [7, 11) is 0. The van der Waals surface area contributed by atoms with E-state index in [0.29, 0.717) is 33.1 Å². The first-order valence-electron chi connectivity index (χ1n) is 9.14. The number of aromatic nitrogens is 1. The predicted octanol–water partition coefficient (Wildman–Crippen LogP) is 5.35. The molecule has 144 valence electrons. The number of fused-ring (bicyclic) bond motifs is 1. The van der Waals surface area contributed by atoms with Crippen LogP contribution in [0.1, 0.15) is 33.2 Å². The Hall–Kier alpha value is -3.02. The number of benzene rings is 3. The number of halogens is 1. The van der Waals surface area contributed by atoms with Gasteiger partial charge in [0.25, 0.3) is 5.91 Å². The lowest BCUT2D eigenvalue weighted by atomic mass is 10.0. The molecule has 0 aliphatic heterocycles. The Bertz CT molecular complexity index is 1270. The summed E-state index contributed by atoms with van der Waals surface area (Å²) in [4.78, 5) is 30.1. The van der Waals surface area contributed by atoms with Crippen molar-refractivity contribution in [2.45, 2.75) is 13.5 Å². The van der Waals surface area contributed by atoms with Gasteiger partial charge in [0, 0.05) is 28.3 Å². The average molecular weight is 421 g/mol. The number of aryl methyl sites for hydroxylation is 1. The summed E-state index contributed by atoms with van der Waals surface area (Å²) in [5.74, 6) is -0.421. The van der Waals surface area contributed by atoms with Crippen LogP contribution in [-0.2, 0) is 6.54 Å². The standard InChI is InChI=1S/C23H17ClN2O2S/c1-2-26-19-13-12-18(24)14-20(19)29-23(26)25-22(28)17-10-8-16(9-11-17)21(27)15-6-4-3-5-7-15/h3-14H,2H2,1H3. The Morgan fingerprint density at radius 1 is 0.931 bits per heavy atom. The van der Waals surface area contributed by atoms with Gasteiger partial charge in [-0.1, -0.05) is 65.4 Å². The molecule has 0 atom stereocenters. The Balaban J connectivity index is 1.65. The molecule has 6 heteroatoms. The fourth-order valence-corrected chi connectivity index (χ4v) is 4.48. The zero-order valence-corrected chi connectivity index (χ0v) is 17.2. The Morgan fingerprint density at radius 3 is 2.28 bits per heavy atom. The van der Waals surface area contributed by atoms with Gasteiger partial charge in [0.2, 0.25) is 0 Å². The Labute approximate surface area is 176 Å². The van der Waals surface area contributed by atoms with Crippen molar-refractivity contribution in [3.05, 3.63) is 99.3 Å². The van der Waals surface area contributed by atoms with Crippen LogP contribution in [0.25, 0.3) is 10.2 Å². The molecule has 1 amide bonds. The van der Waals surface area contributed by atoms with E-state index in [1.807, 2.05) is 47.9 Å². The van der Waals surface area contributed by atoms with Crippen LogP contribution in [0, 0.1) is 0 Å². The molecule has 4 rings (SSSR count). The zero-order valence-electron chi connectivity index (χ0n) is 15.6. The maximum absolute atomic E-state index is 12.7. The van der Waals surface area contributed by atoms with E-state index < -0.39 is 0 Å². The zero-order chi connectivity index (χ0) is 20.4. The monoisotopic (exact) mass is 420 g/mol. The van der Waals surface area contributed by atoms with Crippen molar-refractivity contribution >= 4 is 44.8 Å². The third kappa shape index (κ3) is 3.92. The highest BCUT2D eigenvalue weighted by Gasteiger charge is 2.12. The second kappa shape index (κ2) is 8.15. The molecule has 0 aliphatic carbocycles. The largest absolute Gasteiger partial charge is 0.317 e. The Morgan fingerprint density at radius 2 is 1.59 bits per heavy atom. The number of carbonyl (C=O) groups is 2. The van der Waals surface area contributed by atoms with Crippen molar-refractivity contribution < 1.29 is 9.59 Å². The lowest BCUT2D eigenvalue weighted by molar-refractivity contribution is 0.0994. The summed E-state index contributed by atoms with van der Waals surface area (Å²) in [6.45, 7) is 2.70. The summed E-state index contributed by atoms with van der Waals surface area (Å²) in [6, 6.07) is 21.3. The minimum absolute atomic E-state index is 0.0771. The molecule has 0 saturated carbocycles. The van der Waals surface area contributed by atoms with E-state index in [2.05, 4.69) is 4.99 Å². The van der Waals surface area contributed by atoms with Crippen molar-refractivity contribution in [2.24, 2.45) is 4.99 Å². The molecule has 1 heterocycles. The lowest BCUT2D eigenvalue weighted by Crippen LogP contribution is -2.15. The fourth-order valence-electron chi connectivity index (χ4n) is 3.11. The highest BCUT2D eigenvalue weighted by molar-refractivity contribution is 7.16. The van der Waals surface area contributed by atoms with Crippen molar-refractivity contribution in [1.29, 1.82) is 0 Å². The smallest absolute Gasteiger partial charge is 0.279 e. The molecule has 0 fully saturated rings. The summed E-state index contributed by atoms with van der Waals surface area (Å²) in [6.07, 6.45) is 0.